The average Bonchev–Trinajstić information content (AvgIpc) is 2.70. The van der Waals surface area contributed by atoms with Crippen molar-refractivity contribution >= 4 is 17.8 Å². The predicted molar refractivity (Wildman–Crippen MR) is 115 cm³/mol. The Bertz CT molecular complexity index is 648. The van der Waals surface area contributed by atoms with Crippen molar-refractivity contribution < 1.29 is 14.3 Å². The predicted octanol–water partition coefficient (Wildman–Crippen LogP) is -0.0749. The molecule has 0 aliphatic rings. The summed E-state index contributed by atoms with van der Waals surface area (Å²) in [7, 11) is 3.80. The van der Waals surface area contributed by atoms with Gasteiger partial charge in [0.25, 0.3) is 5.91 Å². The standard InChI is InChI=1S/C20H34N6O3/c1-4-22-20(23-10-12-26(2)11-5-13-29-3)25-14-16-6-8-17(9-7-16)19(28)24-15-18(21)27/h6-9H,4-5,10-15H2,1-3H3,(H2,21,27)(H,24,28)(H2,22,23,25). The fourth-order valence-electron chi connectivity index (χ4n) is 2.50. The van der Waals surface area contributed by atoms with E-state index in [1.54, 1.807) is 19.2 Å². The van der Waals surface area contributed by atoms with Gasteiger partial charge in [-0.2, -0.15) is 0 Å². The van der Waals surface area contributed by atoms with Crippen molar-refractivity contribution in [2.75, 3.05) is 53.5 Å². The highest BCUT2D eigenvalue weighted by atomic mass is 16.5. The minimum absolute atomic E-state index is 0.176. The summed E-state index contributed by atoms with van der Waals surface area (Å²) in [5, 5.41) is 9.02. The normalized spacial score (nSPS) is 11.4. The maximum Gasteiger partial charge on any atom is 0.251 e. The summed E-state index contributed by atoms with van der Waals surface area (Å²) < 4.78 is 5.07. The van der Waals surface area contributed by atoms with Crippen LogP contribution in [0.25, 0.3) is 0 Å². The van der Waals surface area contributed by atoms with Crippen LogP contribution < -0.4 is 21.7 Å². The topological polar surface area (TPSA) is 121 Å². The number of benzene rings is 1. The zero-order chi connectivity index (χ0) is 21.5. The minimum Gasteiger partial charge on any atom is -0.385 e. The summed E-state index contributed by atoms with van der Waals surface area (Å²) in [4.78, 5) is 29.5. The highest BCUT2D eigenvalue weighted by Crippen LogP contribution is 2.06. The molecule has 1 aromatic rings. The van der Waals surface area contributed by atoms with E-state index in [0.717, 1.165) is 50.7 Å². The second-order valence-electron chi connectivity index (χ2n) is 6.62. The van der Waals surface area contributed by atoms with Gasteiger partial charge in [0, 0.05) is 45.5 Å². The van der Waals surface area contributed by atoms with Crippen LogP contribution >= 0.6 is 0 Å². The highest BCUT2D eigenvalue weighted by molar-refractivity contribution is 5.96. The number of likely N-dealkylation sites (N-methyl/N-ethyl adjacent to an activating group) is 1. The second-order valence-corrected chi connectivity index (χ2v) is 6.62. The van der Waals surface area contributed by atoms with Crippen molar-refractivity contribution in [2.45, 2.75) is 19.9 Å². The number of hydrogen-bond donors (Lipinski definition) is 4. The lowest BCUT2D eigenvalue weighted by atomic mass is 10.1. The number of carbonyl (C=O) groups is 2. The van der Waals surface area contributed by atoms with E-state index in [2.05, 4.69) is 32.9 Å². The first-order valence-electron chi connectivity index (χ1n) is 9.81. The molecule has 0 radical (unpaired) electrons. The molecular formula is C20H34N6O3. The monoisotopic (exact) mass is 406 g/mol. The minimum atomic E-state index is -0.575. The fourth-order valence-corrected chi connectivity index (χ4v) is 2.50. The molecule has 0 spiro atoms. The van der Waals surface area contributed by atoms with Crippen LogP contribution in [0.5, 0.6) is 0 Å². The molecule has 0 unspecified atom stereocenters. The van der Waals surface area contributed by atoms with E-state index in [0.29, 0.717) is 12.1 Å². The molecule has 2 amide bonds. The molecule has 0 fully saturated rings. The number of ether oxygens (including phenoxy) is 1. The van der Waals surface area contributed by atoms with Crippen LogP contribution in [0.15, 0.2) is 29.3 Å². The smallest absolute Gasteiger partial charge is 0.251 e. The molecular weight excluding hydrogens is 372 g/mol. The van der Waals surface area contributed by atoms with Crippen LogP contribution in [-0.4, -0.2) is 76.2 Å². The molecule has 0 bridgehead atoms. The van der Waals surface area contributed by atoms with Gasteiger partial charge in [-0.25, -0.2) is 4.99 Å². The number of nitrogens with two attached hydrogens (primary N) is 1. The fraction of sp³-hybridized carbons (Fsp3) is 0.550. The number of hydrogen-bond acceptors (Lipinski definition) is 5. The van der Waals surface area contributed by atoms with E-state index in [1.807, 2.05) is 19.1 Å². The Morgan fingerprint density at radius 1 is 1.14 bits per heavy atom. The summed E-state index contributed by atoms with van der Waals surface area (Å²) in [5.41, 5.74) is 6.48. The molecule has 0 atom stereocenters. The lowest BCUT2D eigenvalue weighted by Gasteiger charge is -2.18. The van der Waals surface area contributed by atoms with Crippen molar-refractivity contribution in [3.8, 4) is 0 Å². The SMILES string of the molecule is CCNC(=NCc1ccc(C(=O)NCC(N)=O)cc1)NCCN(C)CCCOC. The van der Waals surface area contributed by atoms with Crippen LogP contribution in [0.1, 0.15) is 29.3 Å². The largest absolute Gasteiger partial charge is 0.385 e. The molecule has 9 nitrogen and oxygen atoms in total. The number of rotatable bonds is 13. The van der Waals surface area contributed by atoms with E-state index in [4.69, 9.17) is 10.5 Å². The molecule has 5 N–H and O–H groups in total. The highest BCUT2D eigenvalue weighted by Gasteiger charge is 2.06. The molecule has 29 heavy (non-hydrogen) atoms. The molecule has 0 saturated heterocycles. The van der Waals surface area contributed by atoms with Gasteiger partial charge in [-0.1, -0.05) is 12.1 Å². The second kappa shape index (κ2) is 14.4. The van der Waals surface area contributed by atoms with Gasteiger partial charge in [-0.05, 0) is 38.1 Å². The zero-order valence-corrected chi connectivity index (χ0v) is 17.7. The zero-order valence-electron chi connectivity index (χ0n) is 17.7. The summed E-state index contributed by atoms with van der Waals surface area (Å²) in [6.45, 7) is 6.56. The van der Waals surface area contributed by atoms with Crippen molar-refractivity contribution in [2.24, 2.45) is 10.7 Å². The van der Waals surface area contributed by atoms with Crippen LogP contribution in [0, 0.1) is 0 Å². The molecule has 0 saturated carbocycles. The maximum absolute atomic E-state index is 11.9. The van der Waals surface area contributed by atoms with E-state index >= 15 is 0 Å². The number of nitrogens with one attached hydrogen (secondary N) is 3. The maximum atomic E-state index is 11.9. The Labute approximate surface area is 173 Å². The number of nitrogens with zero attached hydrogens (tertiary/aromatic N) is 2. The Kier molecular flexibility index (Phi) is 12.1. The quantitative estimate of drug-likeness (QED) is 0.207. The van der Waals surface area contributed by atoms with E-state index in [-0.39, 0.29) is 12.5 Å². The van der Waals surface area contributed by atoms with Crippen LogP contribution in [0.4, 0.5) is 0 Å². The molecule has 0 aliphatic heterocycles. The Morgan fingerprint density at radius 2 is 1.86 bits per heavy atom. The van der Waals surface area contributed by atoms with Gasteiger partial charge in [0.15, 0.2) is 5.96 Å². The van der Waals surface area contributed by atoms with Crippen molar-refractivity contribution in [3.63, 3.8) is 0 Å². The third-order valence-electron chi connectivity index (χ3n) is 4.08. The Hall–Kier alpha value is -2.65. The van der Waals surface area contributed by atoms with Gasteiger partial charge in [0.1, 0.15) is 0 Å². The van der Waals surface area contributed by atoms with Gasteiger partial charge < -0.3 is 31.3 Å². The summed E-state index contributed by atoms with van der Waals surface area (Å²) >= 11 is 0. The molecule has 0 aliphatic carbocycles. The van der Waals surface area contributed by atoms with Gasteiger partial charge in [0.2, 0.25) is 5.91 Å². The van der Waals surface area contributed by atoms with Crippen LogP contribution in [0.2, 0.25) is 0 Å². The number of carbonyl (C=O) groups excluding carboxylic acids is 2. The first-order valence-corrected chi connectivity index (χ1v) is 9.81. The summed E-state index contributed by atoms with van der Waals surface area (Å²) in [5.74, 6) is -0.154. The number of guanidine groups is 1. The summed E-state index contributed by atoms with van der Waals surface area (Å²) in [6, 6.07) is 7.10. The van der Waals surface area contributed by atoms with Crippen molar-refractivity contribution in [1.82, 2.24) is 20.9 Å². The van der Waals surface area contributed by atoms with Crippen molar-refractivity contribution in [1.29, 1.82) is 0 Å². The molecule has 1 rings (SSSR count). The van der Waals surface area contributed by atoms with Gasteiger partial charge in [-0.15, -0.1) is 0 Å². The van der Waals surface area contributed by atoms with Crippen LogP contribution in [0.3, 0.4) is 0 Å². The first-order chi connectivity index (χ1) is 14.0. The van der Waals surface area contributed by atoms with E-state index in [1.165, 1.54) is 0 Å². The Balaban J connectivity index is 2.49. The molecule has 0 aromatic heterocycles. The average molecular weight is 407 g/mol. The molecule has 9 heteroatoms. The molecule has 1 aromatic carbocycles. The lowest BCUT2D eigenvalue weighted by molar-refractivity contribution is -0.117. The van der Waals surface area contributed by atoms with Gasteiger partial charge in [-0.3, -0.25) is 9.59 Å². The lowest BCUT2D eigenvalue weighted by Crippen LogP contribution is -2.41. The van der Waals surface area contributed by atoms with Gasteiger partial charge in [0.05, 0.1) is 13.1 Å². The van der Waals surface area contributed by atoms with Crippen molar-refractivity contribution in [3.05, 3.63) is 35.4 Å². The van der Waals surface area contributed by atoms with E-state index < -0.39 is 5.91 Å². The molecule has 0 heterocycles. The number of aliphatic imine (C=N–C) groups is 1. The number of primary amides is 1. The number of methoxy groups -OCH3 is 1. The number of amides is 2. The molecule has 162 valence electrons. The van der Waals surface area contributed by atoms with E-state index in [9.17, 15) is 9.59 Å². The third-order valence-corrected chi connectivity index (χ3v) is 4.08. The first kappa shape index (κ1) is 24.4. The third kappa shape index (κ3) is 11.1. The summed E-state index contributed by atoms with van der Waals surface area (Å²) in [6.07, 6.45) is 1.01. The Morgan fingerprint density at radius 3 is 2.48 bits per heavy atom. The van der Waals surface area contributed by atoms with Gasteiger partial charge >= 0.3 is 0 Å². The van der Waals surface area contributed by atoms with Crippen LogP contribution in [-0.2, 0) is 16.1 Å².